The van der Waals surface area contributed by atoms with Crippen LogP contribution < -0.4 is 0 Å². The maximum Gasteiger partial charge on any atom is 0.153 e. The van der Waals surface area contributed by atoms with E-state index in [0.29, 0.717) is 5.88 Å². The third-order valence-corrected chi connectivity index (χ3v) is 5.64. The van der Waals surface area contributed by atoms with Crippen LogP contribution in [-0.4, -0.2) is 25.3 Å². The summed E-state index contributed by atoms with van der Waals surface area (Å²) in [5.41, 5.74) is 0. The van der Waals surface area contributed by atoms with Crippen molar-refractivity contribution in [3.8, 4) is 0 Å². The molecule has 1 saturated carbocycles. The van der Waals surface area contributed by atoms with E-state index in [-0.39, 0.29) is 16.9 Å². The lowest BCUT2D eigenvalue weighted by Crippen LogP contribution is -2.25. The molecule has 78 valence electrons. The third kappa shape index (κ3) is 3.13. The summed E-state index contributed by atoms with van der Waals surface area (Å²) in [4.78, 5) is 0. The van der Waals surface area contributed by atoms with Gasteiger partial charge in [-0.1, -0.05) is 19.8 Å². The zero-order valence-electron chi connectivity index (χ0n) is 8.00. The van der Waals surface area contributed by atoms with E-state index < -0.39 is 9.84 Å². The molecule has 1 unspecified atom stereocenters. The molecule has 4 heteroatoms. The van der Waals surface area contributed by atoms with Gasteiger partial charge in [0.2, 0.25) is 0 Å². The quantitative estimate of drug-likeness (QED) is 0.687. The fraction of sp³-hybridized carbons (Fsp3) is 1.00. The number of alkyl halides is 1. The Balaban J connectivity index is 2.54. The average molecular weight is 225 g/mol. The highest BCUT2D eigenvalue weighted by atomic mass is 35.5. The van der Waals surface area contributed by atoms with Gasteiger partial charge in [0.15, 0.2) is 9.84 Å². The van der Waals surface area contributed by atoms with Crippen molar-refractivity contribution in [3.63, 3.8) is 0 Å². The predicted molar refractivity (Wildman–Crippen MR) is 55.9 cm³/mol. The van der Waals surface area contributed by atoms with Gasteiger partial charge in [0.05, 0.1) is 11.0 Å². The summed E-state index contributed by atoms with van der Waals surface area (Å²) in [6.45, 7) is 1.89. The molecule has 0 radical (unpaired) electrons. The number of sulfone groups is 1. The third-order valence-electron chi connectivity index (χ3n) is 2.59. The first-order chi connectivity index (χ1) is 6.06. The Morgan fingerprint density at radius 3 is 2.38 bits per heavy atom. The molecule has 2 nitrogen and oxygen atoms in total. The van der Waals surface area contributed by atoms with Crippen molar-refractivity contribution in [1.29, 1.82) is 0 Å². The molecule has 0 aromatic heterocycles. The zero-order valence-corrected chi connectivity index (χ0v) is 9.57. The Morgan fingerprint density at radius 2 is 1.92 bits per heavy atom. The molecule has 0 heterocycles. The second-order valence-corrected chi connectivity index (χ2v) is 6.63. The maximum atomic E-state index is 11.7. The van der Waals surface area contributed by atoms with Crippen LogP contribution in [0.2, 0.25) is 0 Å². The molecule has 1 aliphatic carbocycles. The largest absolute Gasteiger partial charge is 0.229 e. The van der Waals surface area contributed by atoms with Crippen molar-refractivity contribution in [1.82, 2.24) is 0 Å². The first kappa shape index (κ1) is 11.3. The lowest BCUT2D eigenvalue weighted by molar-refractivity contribution is 0.567. The van der Waals surface area contributed by atoms with E-state index in [9.17, 15) is 8.42 Å². The van der Waals surface area contributed by atoms with Gasteiger partial charge in [-0.3, -0.25) is 0 Å². The Morgan fingerprint density at radius 1 is 1.38 bits per heavy atom. The topological polar surface area (TPSA) is 34.1 Å². The standard InChI is InChI=1S/C9H17ClO2S/c1-8(6-10)7-13(11,12)9-4-2-3-5-9/h8-9H,2-7H2,1H3. The second-order valence-electron chi connectivity index (χ2n) is 4.00. The molecule has 0 aromatic rings. The molecule has 0 aromatic carbocycles. The molecule has 13 heavy (non-hydrogen) atoms. The Labute approximate surface area is 85.6 Å². The summed E-state index contributed by atoms with van der Waals surface area (Å²) in [6.07, 6.45) is 3.85. The van der Waals surface area contributed by atoms with Gasteiger partial charge in [0.25, 0.3) is 0 Å². The van der Waals surface area contributed by atoms with Gasteiger partial charge in [-0.05, 0) is 18.8 Å². The van der Waals surface area contributed by atoms with Gasteiger partial charge < -0.3 is 0 Å². The second kappa shape index (κ2) is 4.65. The SMILES string of the molecule is CC(CCl)CS(=O)(=O)C1CCCC1. The minimum Gasteiger partial charge on any atom is -0.229 e. The minimum absolute atomic E-state index is 0.0711. The van der Waals surface area contributed by atoms with Crippen molar-refractivity contribution >= 4 is 21.4 Å². The fourth-order valence-corrected chi connectivity index (χ4v) is 4.30. The van der Waals surface area contributed by atoms with E-state index >= 15 is 0 Å². The van der Waals surface area contributed by atoms with E-state index in [2.05, 4.69) is 0 Å². The van der Waals surface area contributed by atoms with E-state index in [1.165, 1.54) is 0 Å². The van der Waals surface area contributed by atoms with Gasteiger partial charge >= 0.3 is 0 Å². The lowest BCUT2D eigenvalue weighted by atomic mass is 10.3. The van der Waals surface area contributed by atoms with E-state index in [1.807, 2.05) is 6.92 Å². The van der Waals surface area contributed by atoms with E-state index in [0.717, 1.165) is 25.7 Å². The highest BCUT2D eigenvalue weighted by Crippen LogP contribution is 2.26. The molecular formula is C9H17ClO2S. The average Bonchev–Trinajstić information content (AvgIpc) is 2.55. The van der Waals surface area contributed by atoms with Gasteiger partial charge in [-0.2, -0.15) is 0 Å². The van der Waals surface area contributed by atoms with E-state index in [4.69, 9.17) is 11.6 Å². The smallest absolute Gasteiger partial charge is 0.153 e. The Bertz CT molecular complexity index is 242. The molecule has 1 fully saturated rings. The molecule has 1 aliphatic rings. The van der Waals surface area contributed by atoms with Gasteiger partial charge in [0.1, 0.15) is 0 Å². The van der Waals surface area contributed by atoms with Crippen molar-refractivity contribution in [2.45, 2.75) is 37.9 Å². The fourth-order valence-electron chi connectivity index (χ4n) is 1.82. The Kier molecular flexibility index (Phi) is 4.05. The highest BCUT2D eigenvalue weighted by Gasteiger charge is 2.29. The summed E-state index contributed by atoms with van der Waals surface area (Å²) >= 11 is 5.60. The molecule has 0 aliphatic heterocycles. The minimum atomic E-state index is -2.86. The molecular weight excluding hydrogens is 208 g/mol. The number of hydrogen-bond acceptors (Lipinski definition) is 2. The summed E-state index contributed by atoms with van der Waals surface area (Å²) < 4.78 is 23.5. The highest BCUT2D eigenvalue weighted by molar-refractivity contribution is 7.92. The summed E-state index contributed by atoms with van der Waals surface area (Å²) in [7, 11) is -2.86. The summed E-state index contributed by atoms with van der Waals surface area (Å²) in [5.74, 6) is 0.792. The summed E-state index contributed by atoms with van der Waals surface area (Å²) in [5, 5.41) is -0.0711. The first-order valence-electron chi connectivity index (χ1n) is 4.84. The van der Waals surface area contributed by atoms with Crippen LogP contribution in [0.1, 0.15) is 32.6 Å². The van der Waals surface area contributed by atoms with Crippen LogP contribution in [0.3, 0.4) is 0 Å². The van der Waals surface area contributed by atoms with Crippen LogP contribution in [0.15, 0.2) is 0 Å². The molecule has 0 spiro atoms. The predicted octanol–water partition coefficient (Wildman–Crippen LogP) is 2.22. The normalized spacial score (nSPS) is 22.0. The van der Waals surface area contributed by atoms with Crippen LogP contribution in [0.25, 0.3) is 0 Å². The number of halogens is 1. The molecule has 1 rings (SSSR count). The molecule has 0 saturated heterocycles. The van der Waals surface area contributed by atoms with Crippen LogP contribution in [0.4, 0.5) is 0 Å². The molecule has 0 N–H and O–H groups in total. The molecule has 0 bridgehead atoms. The van der Waals surface area contributed by atoms with Gasteiger partial charge in [0, 0.05) is 5.88 Å². The first-order valence-corrected chi connectivity index (χ1v) is 7.09. The van der Waals surface area contributed by atoms with Crippen molar-refractivity contribution < 1.29 is 8.42 Å². The van der Waals surface area contributed by atoms with Crippen molar-refractivity contribution in [2.75, 3.05) is 11.6 Å². The monoisotopic (exact) mass is 224 g/mol. The van der Waals surface area contributed by atoms with Crippen LogP contribution >= 0.6 is 11.6 Å². The summed E-state index contributed by atoms with van der Waals surface area (Å²) in [6, 6.07) is 0. The van der Waals surface area contributed by atoms with Gasteiger partial charge in [-0.15, -0.1) is 11.6 Å². The van der Waals surface area contributed by atoms with Crippen LogP contribution in [-0.2, 0) is 9.84 Å². The van der Waals surface area contributed by atoms with Gasteiger partial charge in [-0.25, -0.2) is 8.42 Å². The van der Waals surface area contributed by atoms with Crippen molar-refractivity contribution in [3.05, 3.63) is 0 Å². The maximum absolute atomic E-state index is 11.7. The Hall–Kier alpha value is 0.240. The van der Waals surface area contributed by atoms with Crippen LogP contribution in [0.5, 0.6) is 0 Å². The van der Waals surface area contributed by atoms with E-state index in [1.54, 1.807) is 0 Å². The molecule has 0 amide bonds. The zero-order chi connectivity index (χ0) is 9.90. The number of hydrogen-bond donors (Lipinski definition) is 0. The number of rotatable bonds is 4. The lowest BCUT2D eigenvalue weighted by Gasteiger charge is -2.13. The van der Waals surface area contributed by atoms with Crippen LogP contribution in [0, 0.1) is 5.92 Å². The molecule has 1 atom stereocenters. The van der Waals surface area contributed by atoms with Crippen molar-refractivity contribution in [2.24, 2.45) is 5.92 Å².